The third-order valence-electron chi connectivity index (χ3n) is 3.45. The third-order valence-corrected chi connectivity index (χ3v) is 4.35. The monoisotopic (exact) mass is 304 g/mol. The Balaban J connectivity index is 3.12. The molecule has 0 heterocycles. The molecule has 0 fully saturated rings. The van der Waals surface area contributed by atoms with Gasteiger partial charge in [0.1, 0.15) is 0 Å². The lowest BCUT2D eigenvalue weighted by molar-refractivity contribution is 0.311. The molecule has 3 nitrogen and oxygen atoms in total. The summed E-state index contributed by atoms with van der Waals surface area (Å²) in [6.45, 7) is 5.73. The van der Waals surface area contributed by atoms with E-state index < -0.39 is 10.1 Å². The summed E-state index contributed by atoms with van der Waals surface area (Å²) in [5, 5.41) is 0.855. The first-order valence-corrected chi connectivity index (χ1v) is 9.61. The van der Waals surface area contributed by atoms with Crippen molar-refractivity contribution in [3.8, 4) is 0 Å². The standard InChI is InChI=1S/C16H32O3S/c1-3-5-6-7-8-9-10-11-12-13-14-15-16-19-20(17,18)4-2/h4H,2-3,5-16H2,1H3. The van der Waals surface area contributed by atoms with E-state index >= 15 is 0 Å². The number of hydrogen-bond donors (Lipinski definition) is 0. The van der Waals surface area contributed by atoms with Crippen molar-refractivity contribution in [2.45, 2.75) is 84.0 Å². The highest BCUT2D eigenvalue weighted by molar-refractivity contribution is 7.89. The molecule has 0 N–H and O–H groups in total. The van der Waals surface area contributed by atoms with Crippen LogP contribution in [0.5, 0.6) is 0 Å². The zero-order valence-electron chi connectivity index (χ0n) is 13.1. The van der Waals surface area contributed by atoms with Gasteiger partial charge in [-0.2, -0.15) is 8.42 Å². The molecule has 0 radical (unpaired) electrons. The Kier molecular flexibility index (Phi) is 13.4. The quantitative estimate of drug-likeness (QED) is 0.309. The van der Waals surface area contributed by atoms with Gasteiger partial charge in [-0.3, -0.25) is 4.18 Å². The molecular weight excluding hydrogens is 272 g/mol. The normalized spacial score (nSPS) is 11.7. The minimum absolute atomic E-state index is 0.284. The molecule has 0 aromatic rings. The summed E-state index contributed by atoms with van der Waals surface area (Å²) in [6.07, 6.45) is 15.2. The van der Waals surface area contributed by atoms with Crippen LogP contribution in [0.3, 0.4) is 0 Å². The predicted molar refractivity (Wildman–Crippen MR) is 86.1 cm³/mol. The molecule has 0 rings (SSSR count). The first kappa shape index (κ1) is 19.7. The topological polar surface area (TPSA) is 43.4 Å². The van der Waals surface area contributed by atoms with Crippen LogP contribution >= 0.6 is 0 Å². The summed E-state index contributed by atoms with van der Waals surface area (Å²) in [6, 6.07) is 0. The van der Waals surface area contributed by atoms with Gasteiger partial charge in [-0.25, -0.2) is 0 Å². The van der Waals surface area contributed by atoms with Gasteiger partial charge in [0.05, 0.1) is 12.0 Å². The summed E-state index contributed by atoms with van der Waals surface area (Å²) in [5.41, 5.74) is 0. The lowest BCUT2D eigenvalue weighted by Gasteiger charge is -2.03. The smallest absolute Gasteiger partial charge is 0.267 e. The number of unbranched alkanes of at least 4 members (excludes halogenated alkanes) is 11. The van der Waals surface area contributed by atoms with Crippen LogP contribution in [0.15, 0.2) is 12.0 Å². The van der Waals surface area contributed by atoms with Gasteiger partial charge in [0.2, 0.25) is 0 Å². The second kappa shape index (κ2) is 13.6. The third kappa shape index (κ3) is 14.1. The zero-order valence-corrected chi connectivity index (χ0v) is 13.9. The van der Waals surface area contributed by atoms with E-state index in [1.54, 1.807) is 0 Å². The van der Waals surface area contributed by atoms with E-state index in [0.717, 1.165) is 18.2 Å². The molecule has 20 heavy (non-hydrogen) atoms. The summed E-state index contributed by atoms with van der Waals surface area (Å²) >= 11 is 0. The Morgan fingerprint density at radius 2 is 1.20 bits per heavy atom. The first-order chi connectivity index (χ1) is 9.62. The number of hydrogen-bond acceptors (Lipinski definition) is 3. The maximum absolute atomic E-state index is 11.0. The Hall–Kier alpha value is -0.350. The molecule has 0 amide bonds. The van der Waals surface area contributed by atoms with Crippen molar-refractivity contribution in [3.05, 3.63) is 12.0 Å². The van der Waals surface area contributed by atoms with Gasteiger partial charge in [-0.1, -0.05) is 84.1 Å². The van der Waals surface area contributed by atoms with Gasteiger partial charge in [0, 0.05) is 0 Å². The van der Waals surface area contributed by atoms with E-state index in [9.17, 15) is 8.42 Å². The van der Waals surface area contributed by atoms with Crippen LogP contribution in [-0.2, 0) is 14.3 Å². The predicted octanol–water partition coefficient (Wildman–Crippen LogP) is 5.18. The minimum atomic E-state index is -3.47. The van der Waals surface area contributed by atoms with E-state index in [-0.39, 0.29) is 6.61 Å². The van der Waals surface area contributed by atoms with E-state index in [4.69, 9.17) is 4.18 Å². The SMILES string of the molecule is C=CS(=O)(=O)OCCCCCCCCCCCCCC. The highest BCUT2D eigenvalue weighted by atomic mass is 32.2. The molecule has 0 aliphatic rings. The molecule has 0 aromatic heterocycles. The Morgan fingerprint density at radius 3 is 1.60 bits per heavy atom. The molecule has 0 saturated carbocycles. The summed E-state index contributed by atoms with van der Waals surface area (Å²) in [4.78, 5) is 0. The van der Waals surface area contributed by atoms with Crippen molar-refractivity contribution < 1.29 is 12.6 Å². The van der Waals surface area contributed by atoms with Crippen LogP contribution in [0.1, 0.15) is 84.0 Å². The molecule has 0 aliphatic carbocycles. The molecule has 0 saturated heterocycles. The lowest BCUT2D eigenvalue weighted by Crippen LogP contribution is -2.02. The van der Waals surface area contributed by atoms with E-state index in [1.807, 2.05) is 0 Å². The Bertz CT molecular complexity index is 310. The zero-order chi connectivity index (χ0) is 15.1. The summed E-state index contributed by atoms with van der Waals surface area (Å²) in [7, 11) is -3.47. The highest BCUT2D eigenvalue weighted by Crippen LogP contribution is 2.12. The van der Waals surface area contributed by atoms with Crippen LogP contribution in [0.2, 0.25) is 0 Å². The molecular formula is C16H32O3S. The minimum Gasteiger partial charge on any atom is -0.267 e. The average Bonchev–Trinajstić information content (AvgIpc) is 2.44. The molecule has 0 atom stereocenters. The number of rotatable bonds is 15. The Morgan fingerprint density at radius 1 is 0.800 bits per heavy atom. The fraction of sp³-hybridized carbons (Fsp3) is 0.875. The van der Waals surface area contributed by atoms with Gasteiger partial charge in [0.25, 0.3) is 10.1 Å². The molecule has 120 valence electrons. The maximum atomic E-state index is 11.0. The van der Waals surface area contributed by atoms with Gasteiger partial charge in [-0.05, 0) is 6.42 Å². The van der Waals surface area contributed by atoms with E-state index in [0.29, 0.717) is 0 Å². The van der Waals surface area contributed by atoms with E-state index in [2.05, 4.69) is 13.5 Å². The van der Waals surface area contributed by atoms with Crippen molar-refractivity contribution in [3.63, 3.8) is 0 Å². The van der Waals surface area contributed by atoms with E-state index in [1.165, 1.54) is 64.2 Å². The van der Waals surface area contributed by atoms with Crippen molar-refractivity contribution in [2.24, 2.45) is 0 Å². The largest absolute Gasteiger partial charge is 0.289 e. The molecule has 4 heteroatoms. The van der Waals surface area contributed by atoms with Crippen molar-refractivity contribution >= 4 is 10.1 Å². The molecule has 0 spiro atoms. The van der Waals surface area contributed by atoms with Crippen LogP contribution in [0, 0.1) is 0 Å². The molecule has 0 bridgehead atoms. The molecule has 0 unspecified atom stereocenters. The van der Waals surface area contributed by atoms with Crippen LogP contribution in [-0.4, -0.2) is 15.0 Å². The average molecular weight is 304 g/mol. The lowest BCUT2D eigenvalue weighted by atomic mass is 10.1. The second-order valence-corrected chi connectivity index (χ2v) is 6.93. The van der Waals surface area contributed by atoms with Gasteiger partial charge >= 0.3 is 0 Å². The second-order valence-electron chi connectivity index (χ2n) is 5.37. The van der Waals surface area contributed by atoms with Gasteiger partial charge < -0.3 is 0 Å². The van der Waals surface area contributed by atoms with Gasteiger partial charge in [0.15, 0.2) is 0 Å². The van der Waals surface area contributed by atoms with Crippen LogP contribution < -0.4 is 0 Å². The summed E-state index contributed by atoms with van der Waals surface area (Å²) < 4.78 is 26.6. The van der Waals surface area contributed by atoms with Crippen molar-refractivity contribution in [2.75, 3.05) is 6.61 Å². The maximum Gasteiger partial charge on any atom is 0.289 e. The first-order valence-electron chi connectivity index (χ1n) is 8.14. The molecule has 0 aliphatic heterocycles. The fourth-order valence-electron chi connectivity index (χ4n) is 2.17. The van der Waals surface area contributed by atoms with Crippen molar-refractivity contribution in [1.29, 1.82) is 0 Å². The van der Waals surface area contributed by atoms with Gasteiger partial charge in [-0.15, -0.1) is 0 Å². The van der Waals surface area contributed by atoms with Crippen LogP contribution in [0.4, 0.5) is 0 Å². The Labute approximate surface area is 125 Å². The van der Waals surface area contributed by atoms with Crippen LogP contribution in [0.25, 0.3) is 0 Å². The molecule has 0 aromatic carbocycles. The summed E-state index contributed by atoms with van der Waals surface area (Å²) in [5.74, 6) is 0. The highest BCUT2D eigenvalue weighted by Gasteiger charge is 2.03. The van der Waals surface area contributed by atoms with Crippen molar-refractivity contribution in [1.82, 2.24) is 0 Å². The fourth-order valence-corrected chi connectivity index (χ4v) is 2.61.